The smallest absolute Gasteiger partial charge is 0.239 e. The normalized spacial score (nSPS) is 29.3. The van der Waals surface area contributed by atoms with E-state index in [0.717, 1.165) is 25.1 Å². The van der Waals surface area contributed by atoms with E-state index in [2.05, 4.69) is 27.5 Å². The molecule has 3 atom stereocenters. The fourth-order valence-corrected chi connectivity index (χ4v) is 5.40. The molecule has 2 aliphatic heterocycles. The molecule has 7 nitrogen and oxygen atoms in total. The van der Waals surface area contributed by atoms with Crippen LogP contribution in [0.25, 0.3) is 0 Å². The van der Waals surface area contributed by atoms with Gasteiger partial charge in [-0.15, -0.1) is 0 Å². The Bertz CT molecular complexity index is 686. The molecule has 0 bridgehead atoms. The van der Waals surface area contributed by atoms with Gasteiger partial charge in [0.25, 0.3) is 0 Å². The molecule has 2 N–H and O–H groups in total. The molecule has 2 saturated heterocycles. The predicted octanol–water partition coefficient (Wildman–Crippen LogP) is 1.88. The summed E-state index contributed by atoms with van der Waals surface area (Å²) in [4.78, 5) is 30.0. The molecule has 2 amide bonds. The molecule has 7 heteroatoms. The minimum absolute atomic E-state index is 0.0252. The van der Waals surface area contributed by atoms with E-state index in [1.165, 1.54) is 32.1 Å². The molecule has 1 aromatic heterocycles. The zero-order valence-corrected chi connectivity index (χ0v) is 17.4. The summed E-state index contributed by atoms with van der Waals surface area (Å²) in [6.45, 7) is 2.05. The van der Waals surface area contributed by atoms with E-state index in [9.17, 15) is 9.59 Å². The number of furan rings is 1. The maximum absolute atomic E-state index is 12.9. The Hall–Kier alpha value is -1.86. The van der Waals surface area contributed by atoms with Crippen molar-refractivity contribution in [3.05, 3.63) is 24.2 Å². The van der Waals surface area contributed by atoms with Crippen LogP contribution in [0.15, 0.2) is 22.8 Å². The van der Waals surface area contributed by atoms with Gasteiger partial charge in [-0.2, -0.15) is 0 Å². The van der Waals surface area contributed by atoms with Crippen LogP contribution in [0.1, 0.15) is 57.1 Å². The highest BCUT2D eigenvalue weighted by atomic mass is 16.3. The molecular weight excluding hydrogens is 368 g/mol. The molecule has 3 aliphatic rings. The molecule has 1 aliphatic carbocycles. The first kappa shape index (κ1) is 20.4. The molecule has 4 rings (SSSR count). The Labute approximate surface area is 173 Å². The summed E-state index contributed by atoms with van der Waals surface area (Å²) < 4.78 is 5.26. The summed E-state index contributed by atoms with van der Waals surface area (Å²) in [6.07, 6.45) is 10.2. The van der Waals surface area contributed by atoms with Crippen molar-refractivity contribution in [1.82, 2.24) is 20.4 Å². The summed E-state index contributed by atoms with van der Waals surface area (Å²) in [5, 5.41) is 6.09. The molecule has 3 unspecified atom stereocenters. The quantitative estimate of drug-likeness (QED) is 0.760. The number of carbonyl (C=O) groups is 2. The Morgan fingerprint density at radius 3 is 2.86 bits per heavy atom. The van der Waals surface area contributed by atoms with Gasteiger partial charge in [-0.05, 0) is 44.9 Å². The van der Waals surface area contributed by atoms with Gasteiger partial charge in [0.15, 0.2) is 0 Å². The number of hydrogen-bond donors (Lipinski definition) is 2. The van der Waals surface area contributed by atoms with E-state index in [1.807, 2.05) is 12.1 Å². The number of amides is 2. The highest BCUT2D eigenvalue weighted by Crippen LogP contribution is 2.33. The van der Waals surface area contributed by atoms with Crippen molar-refractivity contribution in [3.63, 3.8) is 0 Å². The topological polar surface area (TPSA) is 77.8 Å². The molecule has 29 heavy (non-hydrogen) atoms. The number of likely N-dealkylation sites (tertiary alicyclic amines) is 1. The number of fused-ring (bicyclic) bond motifs is 1. The molecule has 1 aromatic rings. The van der Waals surface area contributed by atoms with Crippen molar-refractivity contribution in [2.45, 2.75) is 82.1 Å². The van der Waals surface area contributed by atoms with Crippen LogP contribution >= 0.6 is 0 Å². The second-order valence-corrected chi connectivity index (χ2v) is 8.79. The van der Waals surface area contributed by atoms with Crippen LogP contribution in [0.4, 0.5) is 0 Å². The zero-order chi connectivity index (χ0) is 20.2. The number of hydrogen-bond acceptors (Lipinski definition) is 5. The minimum atomic E-state index is -0.0409. The van der Waals surface area contributed by atoms with E-state index < -0.39 is 0 Å². The molecule has 160 valence electrons. The van der Waals surface area contributed by atoms with Crippen molar-refractivity contribution in [1.29, 1.82) is 0 Å². The van der Waals surface area contributed by atoms with Crippen molar-refractivity contribution < 1.29 is 14.0 Å². The highest BCUT2D eigenvalue weighted by Gasteiger charge is 2.47. The fraction of sp³-hybridized carbons (Fsp3) is 0.727. The zero-order valence-electron chi connectivity index (χ0n) is 17.4. The first-order chi connectivity index (χ1) is 14.1. The Morgan fingerprint density at radius 2 is 2.10 bits per heavy atom. The van der Waals surface area contributed by atoms with Crippen molar-refractivity contribution in [2.75, 3.05) is 20.1 Å². The van der Waals surface area contributed by atoms with Crippen LogP contribution in [-0.4, -0.2) is 65.9 Å². The molecule has 0 spiro atoms. The Balaban J connectivity index is 1.32. The standard InChI is InChI=1S/C22H34N4O3/c1-25-17(9-10-20(27)23-15-18-8-5-13-29-18)14-24-22(28)21-19(25)11-12-26(21)16-6-3-2-4-7-16/h5,8,13,16-17,19,21H,2-4,6-7,9-12,14-15H2,1H3,(H,23,27)(H,24,28). The molecule has 3 heterocycles. The maximum Gasteiger partial charge on any atom is 0.239 e. The molecule has 0 aromatic carbocycles. The third kappa shape index (κ3) is 4.67. The lowest BCUT2D eigenvalue weighted by Crippen LogP contribution is -2.53. The number of nitrogens with one attached hydrogen (secondary N) is 2. The third-order valence-corrected chi connectivity index (χ3v) is 7.07. The molecule has 1 saturated carbocycles. The molecular formula is C22H34N4O3. The second kappa shape index (κ2) is 9.30. The summed E-state index contributed by atoms with van der Waals surface area (Å²) >= 11 is 0. The van der Waals surface area contributed by atoms with E-state index >= 15 is 0 Å². The first-order valence-electron chi connectivity index (χ1n) is 11.2. The summed E-state index contributed by atoms with van der Waals surface area (Å²) in [6, 6.07) is 4.62. The van der Waals surface area contributed by atoms with E-state index in [1.54, 1.807) is 6.26 Å². The van der Waals surface area contributed by atoms with Crippen LogP contribution < -0.4 is 10.6 Å². The third-order valence-electron chi connectivity index (χ3n) is 7.07. The van der Waals surface area contributed by atoms with Gasteiger partial charge in [0.1, 0.15) is 11.8 Å². The van der Waals surface area contributed by atoms with Gasteiger partial charge in [-0.1, -0.05) is 19.3 Å². The summed E-state index contributed by atoms with van der Waals surface area (Å²) in [5.74, 6) is 0.959. The van der Waals surface area contributed by atoms with Gasteiger partial charge in [0.2, 0.25) is 11.8 Å². The molecule has 0 radical (unpaired) electrons. The maximum atomic E-state index is 12.9. The summed E-state index contributed by atoms with van der Waals surface area (Å²) in [7, 11) is 2.13. The van der Waals surface area contributed by atoms with Crippen molar-refractivity contribution >= 4 is 11.8 Å². The van der Waals surface area contributed by atoms with Crippen LogP contribution in [-0.2, 0) is 16.1 Å². The van der Waals surface area contributed by atoms with Crippen molar-refractivity contribution in [3.8, 4) is 0 Å². The average molecular weight is 403 g/mol. The largest absolute Gasteiger partial charge is 0.467 e. The molecule has 3 fully saturated rings. The summed E-state index contributed by atoms with van der Waals surface area (Å²) in [5.41, 5.74) is 0. The van der Waals surface area contributed by atoms with E-state index in [0.29, 0.717) is 25.6 Å². The lowest BCUT2D eigenvalue weighted by Gasteiger charge is -2.37. The lowest BCUT2D eigenvalue weighted by atomic mass is 9.93. The highest BCUT2D eigenvalue weighted by molar-refractivity contribution is 5.83. The van der Waals surface area contributed by atoms with Crippen LogP contribution in [0, 0.1) is 0 Å². The average Bonchev–Trinajstić information content (AvgIpc) is 3.40. The number of carbonyl (C=O) groups excluding carboxylic acids is 2. The van der Waals surface area contributed by atoms with Crippen molar-refractivity contribution in [2.24, 2.45) is 0 Å². The van der Waals surface area contributed by atoms with E-state index in [-0.39, 0.29) is 29.9 Å². The van der Waals surface area contributed by atoms with Crippen LogP contribution in [0.5, 0.6) is 0 Å². The Kier molecular flexibility index (Phi) is 6.55. The number of rotatable bonds is 6. The van der Waals surface area contributed by atoms with Crippen LogP contribution in [0.2, 0.25) is 0 Å². The number of nitrogens with zero attached hydrogens (tertiary/aromatic N) is 2. The Morgan fingerprint density at radius 1 is 1.28 bits per heavy atom. The predicted molar refractivity (Wildman–Crippen MR) is 110 cm³/mol. The van der Waals surface area contributed by atoms with Crippen LogP contribution in [0.3, 0.4) is 0 Å². The van der Waals surface area contributed by atoms with Gasteiger partial charge >= 0.3 is 0 Å². The lowest BCUT2D eigenvalue weighted by molar-refractivity contribution is -0.127. The minimum Gasteiger partial charge on any atom is -0.467 e. The van der Waals surface area contributed by atoms with Gasteiger partial charge in [0.05, 0.1) is 12.8 Å². The van der Waals surface area contributed by atoms with Gasteiger partial charge in [-0.25, -0.2) is 0 Å². The second-order valence-electron chi connectivity index (χ2n) is 8.79. The first-order valence-corrected chi connectivity index (χ1v) is 11.2. The monoisotopic (exact) mass is 402 g/mol. The van der Waals surface area contributed by atoms with Gasteiger partial charge in [-0.3, -0.25) is 19.4 Å². The van der Waals surface area contributed by atoms with Gasteiger partial charge in [0, 0.05) is 37.6 Å². The van der Waals surface area contributed by atoms with E-state index in [4.69, 9.17) is 4.42 Å². The SMILES string of the molecule is CN1C(CCC(=O)NCc2ccco2)CNC(=O)C2C1CCN2C1CCCCC1. The number of likely N-dealkylation sites (N-methyl/N-ethyl adjacent to an activating group) is 1. The van der Waals surface area contributed by atoms with Gasteiger partial charge < -0.3 is 15.1 Å². The fourth-order valence-electron chi connectivity index (χ4n) is 5.40.